The number of benzene rings is 2. The lowest BCUT2D eigenvalue weighted by molar-refractivity contribution is 0.590. The Hall–Kier alpha value is -2.36. The minimum absolute atomic E-state index is 0.155. The highest BCUT2D eigenvalue weighted by molar-refractivity contribution is 6.16. The molecule has 0 bridgehead atoms. The number of aliphatic imine (C=N–C) groups is 1. The molecule has 3 nitrogen and oxygen atoms in total. The molecule has 2 aliphatic rings. The Morgan fingerprint density at radius 2 is 1.79 bits per heavy atom. The third-order valence-corrected chi connectivity index (χ3v) is 4.74. The predicted octanol–water partition coefficient (Wildman–Crippen LogP) is 4.32. The van der Waals surface area contributed by atoms with Crippen molar-refractivity contribution in [3.8, 4) is 0 Å². The van der Waals surface area contributed by atoms with E-state index < -0.39 is 0 Å². The molecule has 0 fully saturated rings. The molecule has 4 heteroatoms. The smallest absolute Gasteiger partial charge is 0.206 e. The van der Waals surface area contributed by atoms with Crippen LogP contribution in [0.3, 0.4) is 0 Å². The van der Waals surface area contributed by atoms with E-state index in [1.165, 1.54) is 17.2 Å². The van der Waals surface area contributed by atoms with Crippen molar-refractivity contribution in [2.75, 3.05) is 22.9 Å². The third-order valence-electron chi connectivity index (χ3n) is 4.74. The average Bonchev–Trinajstić information content (AvgIpc) is 3.10. The van der Waals surface area contributed by atoms with E-state index in [1.807, 2.05) is 6.07 Å². The van der Waals surface area contributed by atoms with E-state index in [-0.39, 0.29) is 11.2 Å². The van der Waals surface area contributed by atoms with Crippen LogP contribution < -0.4 is 9.80 Å². The molecule has 0 saturated carbocycles. The molecule has 4 rings (SSSR count). The molecule has 0 unspecified atom stereocenters. The van der Waals surface area contributed by atoms with Crippen LogP contribution in [0.1, 0.15) is 31.9 Å². The highest BCUT2D eigenvalue weighted by Crippen LogP contribution is 2.40. The van der Waals surface area contributed by atoms with Crippen LogP contribution in [0.5, 0.6) is 0 Å². The van der Waals surface area contributed by atoms with Gasteiger partial charge in [0.25, 0.3) is 0 Å². The SMILES string of the molecule is CC(C)(C)c1ccc(CN2C3=NCCN3c3cc(F)ccc32)cc1. The van der Waals surface area contributed by atoms with E-state index >= 15 is 0 Å². The third kappa shape index (κ3) is 2.46. The van der Waals surface area contributed by atoms with E-state index in [0.29, 0.717) is 0 Å². The highest BCUT2D eigenvalue weighted by Gasteiger charge is 2.35. The van der Waals surface area contributed by atoms with Crippen molar-refractivity contribution in [3.63, 3.8) is 0 Å². The molecule has 2 aliphatic heterocycles. The van der Waals surface area contributed by atoms with Gasteiger partial charge in [-0.15, -0.1) is 0 Å². The van der Waals surface area contributed by atoms with Gasteiger partial charge in [0.05, 0.1) is 24.5 Å². The van der Waals surface area contributed by atoms with E-state index in [0.717, 1.165) is 37.0 Å². The summed E-state index contributed by atoms with van der Waals surface area (Å²) in [6.45, 7) is 9.00. The standard InChI is InChI=1S/C20H22FN3/c1-20(2,3)15-6-4-14(5-7-15)13-24-17-9-8-16(21)12-18(17)23-11-10-22-19(23)24/h4-9,12H,10-11,13H2,1-3H3. The molecule has 2 heterocycles. The molecule has 0 spiro atoms. The van der Waals surface area contributed by atoms with Crippen molar-refractivity contribution < 1.29 is 4.39 Å². The first-order valence-electron chi connectivity index (χ1n) is 8.42. The highest BCUT2D eigenvalue weighted by atomic mass is 19.1. The topological polar surface area (TPSA) is 18.8 Å². The molecule has 124 valence electrons. The Labute approximate surface area is 142 Å². The molecule has 2 aromatic rings. The lowest BCUT2D eigenvalue weighted by Gasteiger charge is -2.22. The van der Waals surface area contributed by atoms with Crippen LogP contribution in [0.2, 0.25) is 0 Å². The summed E-state index contributed by atoms with van der Waals surface area (Å²) in [5.41, 5.74) is 4.68. The summed E-state index contributed by atoms with van der Waals surface area (Å²) in [4.78, 5) is 8.92. The van der Waals surface area contributed by atoms with Crippen molar-refractivity contribution in [3.05, 3.63) is 59.4 Å². The van der Waals surface area contributed by atoms with Gasteiger partial charge in [0.1, 0.15) is 5.82 Å². The molecule has 0 amide bonds. The quantitative estimate of drug-likeness (QED) is 0.819. The molecule has 0 radical (unpaired) electrons. The fraction of sp³-hybridized carbons (Fsp3) is 0.350. The molecule has 0 aliphatic carbocycles. The Balaban J connectivity index is 1.65. The number of halogens is 1. The number of hydrogen-bond donors (Lipinski definition) is 0. The van der Waals surface area contributed by atoms with Gasteiger partial charge in [0.15, 0.2) is 0 Å². The Kier molecular flexibility index (Phi) is 3.37. The first-order valence-corrected chi connectivity index (χ1v) is 8.42. The minimum Gasteiger partial charge on any atom is -0.308 e. The van der Waals surface area contributed by atoms with Gasteiger partial charge >= 0.3 is 0 Å². The van der Waals surface area contributed by atoms with E-state index in [4.69, 9.17) is 0 Å². The van der Waals surface area contributed by atoms with E-state index in [2.05, 4.69) is 59.8 Å². The van der Waals surface area contributed by atoms with Crippen LogP contribution in [-0.4, -0.2) is 19.0 Å². The minimum atomic E-state index is -0.198. The fourth-order valence-corrected chi connectivity index (χ4v) is 3.39. The van der Waals surface area contributed by atoms with Crippen molar-refractivity contribution in [2.24, 2.45) is 4.99 Å². The number of anilines is 2. The fourth-order valence-electron chi connectivity index (χ4n) is 3.39. The van der Waals surface area contributed by atoms with Gasteiger partial charge in [-0.25, -0.2) is 4.39 Å². The zero-order valence-corrected chi connectivity index (χ0v) is 14.4. The Morgan fingerprint density at radius 1 is 1.04 bits per heavy atom. The van der Waals surface area contributed by atoms with Gasteiger partial charge in [-0.05, 0) is 34.7 Å². The summed E-state index contributed by atoms with van der Waals surface area (Å²) < 4.78 is 13.6. The van der Waals surface area contributed by atoms with Crippen molar-refractivity contribution in [1.82, 2.24) is 0 Å². The largest absolute Gasteiger partial charge is 0.308 e. The maximum atomic E-state index is 13.6. The lowest BCUT2D eigenvalue weighted by Crippen LogP contribution is -2.34. The maximum Gasteiger partial charge on any atom is 0.206 e. The van der Waals surface area contributed by atoms with Gasteiger partial charge < -0.3 is 9.80 Å². The number of rotatable bonds is 2. The molecule has 0 N–H and O–H groups in total. The second kappa shape index (κ2) is 5.33. The van der Waals surface area contributed by atoms with Crippen molar-refractivity contribution in [2.45, 2.75) is 32.7 Å². The van der Waals surface area contributed by atoms with Crippen LogP contribution in [0.15, 0.2) is 47.5 Å². The first kappa shape index (κ1) is 15.2. The second-order valence-corrected chi connectivity index (χ2v) is 7.50. The van der Waals surface area contributed by atoms with Crippen LogP contribution in [0, 0.1) is 5.82 Å². The van der Waals surface area contributed by atoms with Gasteiger partial charge in [0.2, 0.25) is 5.96 Å². The van der Waals surface area contributed by atoms with Crippen LogP contribution >= 0.6 is 0 Å². The lowest BCUT2D eigenvalue weighted by atomic mass is 9.87. The van der Waals surface area contributed by atoms with Crippen molar-refractivity contribution in [1.29, 1.82) is 0 Å². The van der Waals surface area contributed by atoms with E-state index in [1.54, 1.807) is 6.07 Å². The van der Waals surface area contributed by atoms with Gasteiger partial charge in [0, 0.05) is 6.54 Å². The zero-order chi connectivity index (χ0) is 16.9. The van der Waals surface area contributed by atoms with Crippen LogP contribution in [-0.2, 0) is 12.0 Å². The summed E-state index contributed by atoms with van der Waals surface area (Å²) in [6, 6.07) is 13.8. The predicted molar refractivity (Wildman–Crippen MR) is 97.4 cm³/mol. The molecule has 0 aromatic heterocycles. The van der Waals surface area contributed by atoms with Gasteiger partial charge in [-0.2, -0.15) is 0 Å². The normalized spacial score (nSPS) is 16.2. The summed E-state index contributed by atoms with van der Waals surface area (Å²) in [7, 11) is 0. The van der Waals surface area contributed by atoms with Gasteiger partial charge in [-0.3, -0.25) is 4.99 Å². The summed E-state index contributed by atoms with van der Waals surface area (Å²) in [6.07, 6.45) is 0. The van der Waals surface area contributed by atoms with E-state index in [9.17, 15) is 4.39 Å². The van der Waals surface area contributed by atoms with Gasteiger partial charge in [-0.1, -0.05) is 45.0 Å². The zero-order valence-electron chi connectivity index (χ0n) is 14.4. The molecular formula is C20H22FN3. The summed E-state index contributed by atoms with van der Waals surface area (Å²) in [5, 5.41) is 0. The molecule has 2 aromatic carbocycles. The Bertz CT molecular complexity index is 803. The van der Waals surface area contributed by atoms with Crippen LogP contribution in [0.4, 0.5) is 15.8 Å². The number of guanidine groups is 1. The summed E-state index contributed by atoms with van der Waals surface area (Å²) in [5.74, 6) is 0.742. The molecular weight excluding hydrogens is 301 g/mol. The first-order chi connectivity index (χ1) is 11.4. The maximum absolute atomic E-state index is 13.6. The Morgan fingerprint density at radius 3 is 2.50 bits per heavy atom. The summed E-state index contributed by atoms with van der Waals surface area (Å²) >= 11 is 0. The number of hydrogen-bond acceptors (Lipinski definition) is 3. The molecule has 24 heavy (non-hydrogen) atoms. The average molecular weight is 323 g/mol. The second-order valence-electron chi connectivity index (χ2n) is 7.50. The monoisotopic (exact) mass is 323 g/mol. The number of nitrogens with zero attached hydrogens (tertiary/aromatic N) is 3. The van der Waals surface area contributed by atoms with Crippen molar-refractivity contribution >= 4 is 17.3 Å². The van der Waals surface area contributed by atoms with Crippen LogP contribution in [0.25, 0.3) is 0 Å². The molecule has 0 atom stereocenters. The molecule has 0 saturated heterocycles. The number of fused-ring (bicyclic) bond motifs is 3.